The predicted octanol–water partition coefficient (Wildman–Crippen LogP) is 3.36. The fourth-order valence-corrected chi connectivity index (χ4v) is 3.66. The lowest BCUT2D eigenvalue weighted by atomic mass is 10.1. The van der Waals surface area contributed by atoms with Gasteiger partial charge in [-0.2, -0.15) is 5.10 Å². The van der Waals surface area contributed by atoms with E-state index >= 15 is 0 Å². The maximum Gasteiger partial charge on any atom is 0.180 e. The summed E-state index contributed by atoms with van der Waals surface area (Å²) >= 11 is 0. The quantitative estimate of drug-likeness (QED) is 0.526. The molecule has 0 aliphatic heterocycles. The molecule has 0 saturated heterocycles. The van der Waals surface area contributed by atoms with Gasteiger partial charge >= 0.3 is 0 Å². The second-order valence-electron chi connectivity index (χ2n) is 7.31. The average Bonchev–Trinajstić information content (AvgIpc) is 3.39. The Morgan fingerprint density at radius 3 is 2.89 bits per heavy atom. The van der Waals surface area contributed by atoms with Crippen LogP contribution in [0.1, 0.15) is 5.56 Å². The number of aromatic nitrogens is 6. The van der Waals surface area contributed by atoms with Crippen LogP contribution >= 0.6 is 0 Å². The van der Waals surface area contributed by atoms with Gasteiger partial charge in [-0.15, -0.1) is 0 Å². The van der Waals surface area contributed by atoms with Gasteiger partial charge in [-0.25, -0.2) is 14.6 Å². The van der Waals surface area contributed by atoms with Gasteiger partial charge in [0.15, 0.2) is 5.65 Å². The summed E-state index contributed by atoms with van der Waals surface area (Å²) in [6.07, 6.45) is 7.79. The molecule has 28 heavy (non-hydrogen) atoms. The molecule has 7 heteroatoms. The molecule has 0 aliphatic rings. The molecular weight excluding hydrogens is 350 g/mol. The van der Waals surface area contributed by atoms with E-state index in [1.807, 2.05) is 44.3 Å². The van der Waals surface area contributed by atoms with Crippen molar-refractivity contribution in [3.63, 3.8) is 0 Å². The summed E-state index contributed by atoms with van der Waals surface area (Å²) in [6, 6.07) is 10.3. The Balaban J connectivity index is 1.64. The largest absolute Gasteiger partial charge is 0.351 e. The highest BCUT2D eigenvalue weighted by Gasteiger charge is 2.14. The van der Waals surface area contributed by atoms with Crippen molar-refractivity contribution in [1.82, 2.24) is 34.2 Å². The number of hydrogen-bond acceptors (Lipinski definition) is 4. The van der Waals surface area contributed by atoms with Gasteiger partial charge in [0, 0.05) is 54.2 Å². The molecule has 4 aromatic heterocycles. The van der Waals surface area contributed by atoms with Crippen LogP contribution in [0.25, 0.3) is 39.1 Å². The first-order chi connectivity index (χ1) is 13.6. The number of imidazole rings is 1. The molecule has 0 radical (unpaired) electrons. The molecule has 5 rings (SSSR count). The third kappa shape index (κ3) is 2.68. The van der Waals surface area contributed by atoms with Gasteiger partial charge < -0.3 is 14.5 Å². The molecule has 4 heterocycles. The molecule has 0 amide bonds. The van der Waals surface area contributed by atoms with E-state index < -0.39 is 0 Å². The highest BCUT2D eigenvalue weighted by Crippen LogP contribution is 2.29. The number of H-pyrrole nitrogens is 1. The summed E-state index contributed by atoms with van der Waals surface area (Å²) in [5.41, 5.74) is 5.90. The van der Waals surface area contributed by atoms with Crippen LogP contribution in [-0.4, -0.2) is 48.3 Å². The van der Waals surface area contributed by atoms with E-state index in [1.165, 1.54) is 5.52 Å². The summed E-state index contributed by atoms with van der Waals surface area (Å²) in [4.78, 5) is 14.8. The zero-order chi connectivity index (χ0) is 19.3. The van der Waals surface area contributed by atoms with Gasteiger partial charge in [-0.1, -0.05) is 12.1 Å². The number of fused-ring (bicyclic) bond motifs is 2. The van der Waals surface area contributed by atoms with Crippen molar-refractivity contribution >= 4 is 22.1 Å². The average molecular weight is 371 g/mol. The third-order valence-corrected chi connectivity index (χ3v) is 4.93. The minimum atomic E-state index is 0.685. The second-order valence-corrected chi connectivity index (χ2v) is 7.31. The molecule has 0 spiro atoms. The first kappa shape index (κ1) is 16.7. The lowest BCUT2D eigenvalue weighted by Gasteiger charge is -2.06. The van der Waals surface area contributed by atoms with Crippen molar-refractivity contribution in [3.8, 4) is 17.1 Å². The lowest BCUT2D eigenvalue weighted by Crippen LogP contribution is -2.09. The van der Waals surface area contributed by atoms with Crippen molar-refractivity contribution in [2.75, 3.05) is 14.1 Å². The summed E-state index contributed by atoms with van der Waals surface area (Å²) in [6.45, 7) is 0.846. The molecule has 0 atom stereocenters. The van der Waals surface area contributed by atoms with Crippen molar-refractivity contribution < 1.29 is 0 Å². The SMILES string of the molecule is CN(C)Cc1cnn(-c2ccnc3nc(-c4cccc5c4ccn5C)[nH]c23)c1. The Morgan fingerprint density at radius 1 is 1.14 bits per heavy atom. The van der Waals surface area contributed by atoms with E-state index in [9.17, 15) is 0 Å². The Hall–Kier alpha value is -3.45. The maximum atomic E-state index is 4.76. The van der Waals surface area contributed by atoms with Crippen molar-refractivity contribution in [2.45, 2.75) is 6.54 Å². The minimum Gasteiger partial charge on any atom is -0.351 e. The zero-order valence-electron chi connectivity index (χ0n) is 16.1. The van der Waals surface area contributed by atoms with E-state index in [1.54, 1.807) is 6.20 Å². The lowest BCUT2D eigenvalue weighted by molar-refractivity contribution is 0.402. The van der Waals surface area contributed by atoms with Crippen LogP contribution in [0.2, 0.25) is 0 Å². The molecule has 5 aromatic rings. The van der Waals surface area contributed by atoms with Crippen molar-refractivity contribution in [3.05, 3.63) is 60.7 Å². The minimum absolute atomic E-state index is 0.685. The van der Waals surface area contributed by atoms with Gasteiger partial charge in [-0.05, 0) is 32.3 Å². The molecule has 140 valence electrons. The monoisotopic (exact) mass is 371 g/mol. The van der Waals surface area contributed by atoms with Gasteiger partial charge in [0.25, 0.3) is 0 Å². The van der Waals surface area contributed by atoms with Crippen LogP contribution in [0.5, 0.6) is 0 Å². The number of pyridine rings is 1. The first-order valence-electron chi connectivity index (χ1n) is 9.18. The summed E-state index contributed by atoms with van der Waals surface area (Å²) < 4.78 is 4.00. The molecule has 1 aromatic carbocycles. The van der Waals surface area contributed by atoms with Gasteiger partial charge in [0.05, 0.1) is 11.9 Å². The number of nitrogens with zero attached hydrogens (tertiary/aromatic N) is 6. The normalized spacial score (nSPS) is 11.9. The maximum absolute atomic E-state index is 4.76. The number of aromatic amines is 1. The Labute approximate surface area is 162 Å². The zero-order valence-corrected chi connectivity index (χ0v) is 16.1. The van der Waals surface area contributed by atoms with E-state index in [2.05, 4.69) is 55.0 Å². The Morgan fingerprint density at radius 2 is 2.04 bits per heavy atom. The fourth-order valence-electron chi connectivity index (χ4n) is 3.66. The summed E-state index contributed by atoms with van der Waals surface area (Å²) in [5.74, 6) is 0.812. The fraction of sp³-hybridized carbons (Fsp3) is 0.190. The highest BCUT2D eigenvalue weighted by atomic mass is 15.3. The smallest absolute Gasteiger partial charge is 0.180 e. The highest BCUT2D eigenvalue weighted by molar-refractivity contribution is 5.95. The molecule has 7 nitrogen and oxygen atoms in total. The number of rotatable bonds is 4. The van der Waals surface area contributed by atoms with Crippen molar-refractivity contribution in [1.29, 1.82) is 0 Å². The second kappa shape index (κ2) is 6.31. The Bertz CT molecular complexity index is 1290. The first-order valence-corrected chi connectivity index (χ1v) is 9.18. The van der Waals surface area contributed by atoms with Crippen LogP contribution in [0.3, 0.4) is 0 Å². The standard InChI is InChI=1S/C21H21N7/c1-26(2)12-14-11-23-28(13-14)18-7-9-22-21-19(18)24-20(25-21)16-5-4-6-17-15(16)8-10-27(17)3/h4-11,13H,12H2,1-3H3,(H,22,24,25). The molecular formula is C21H21N7. The third-order valence-electron chi connectivity index (χ3n) is 4.93. The number of benzene rings is 1. The topological polar surface area (TPSA) is 67.6 Å². The van der Waals surface area contributed by atoms with Crippen LogP contribution in [0.15, 0.2) is 55.1 Å². The van der Waals surface area contributed by atoms with Gasteiger partial charge in [0.2, 0.25) is 0 Å². The molecule has 0 unspecified atom stereocenters. The van der Waals surface area contributed by atoms with Gasteiger partial charge in [0.1, 0.15) is 11.3 Å². The van der Waals surface area contributed by atoms with Crippen LogP contribution in [-0.2, 0) is 13.6 Å². The van der Waals surface area contributed by atoms with E-state index in [0.29, 0.717) is 5.65 Å². The molecule has 0 saturated carbocycles. The summed E-state index contributed by atoms with van der Waals surface area (Å²) in [7, 11) is 6.15. The molecule has 0 fully saturated rings. The van der Waals surface area contributed by atoms with Crippen LogP contribution in [0, 0.1) is 0 Å². The Kier molecular flexibility index (Phi) is 3.77. The molecule has 1 N–H and O–H groups in total. The van der Waals surface area contributed by atoms with Crippen LogP contribution in [0.4, 0.5) is 0 Å². The van der Waals surface area contributed by atoms with Crippen molar-refractivity contribution in [2.24, 2.45) is 7.05 Å². The van der Waals surface area contributed by atoms with E-state index in [0.717, 1.165) is 40.1 Å². The number of aryl methyl sites for hydroxylation is 1. The van der Waals surface area contributed by atoms with E-state index in [-0.39, 0.29) is 0 Å². The van der Waals surface area contributed by atoms with E-state index in [4.69, 9.17) is 4.98 Å². The van der Waals surface area contributed by atoms with Crippen LogP contribution < -0.4 is 0 Å². The molecule has 0 bridgehead atoms. The summed E-state index contributed by atoms with van der Waals surface area (Å²) in [5, 5.41) is 5.70. The number of hydrogen-bond donors (Lipinski definition) is 1. The predicted molar refractivity (Wildman–Crippen MR) is 110 cm³/mol. The molecule has 0 aliphatic carbocycles. The number of nitrogens with one attached hydrogen (secondary N) is 1. The van der Waals surface area contributed by atoms with Gasteiger partial charge in [-0.3, -0.25) is 0 Å².